The Labute approximate surface area is 133 Å². The second-order valence-electron chi connectivity index (χ2n) is 4.86. The Balaban J connectivity index is 2.33. The SMILES string of the molecule is Fc1ccc(C(CCl)(CCl)Cc2ccc(Cl)cc2)cc1. The van der Waals surface area contributed by atoms with Crippen LogP contribution in [0.1, 0.15) is 11.1 Å². The van der Waals surface area contributed by atoms with Gasteiger partial charge in [-0.2, -0.15) is 0 Å². The van der Waals surface area contributed by atoms with E-state index in [0.29, 0.717) is 23.2 Å². The quantitative estimate of drug-likeness (QED) is 0.640. The minimum absolute atomic E-state index is 0.265. The summed E-state index contributed by atoms with van der Waals surface area (Å²) in [6, 6.07) is 14.0. The number of halogens is 4. The van der Waals surface area contributed by atoms with Crippen molar-refractivity contribution in [3.8, 4) is 0 Å². The van der Waals surface area contributed by atoms with Crippen molar-refractivity contribution in [2.45, 2.75) is 11.8 Å². The molecule has 0 nitrogen and oxygen atoms in total. The summed E-state index contributed by atoms with van der Waals surface area (Å²) in [5.74, 6) is 0.466. The Morgan fingerprint density at radius 3 is 1.90 bits per heavy atom. The molecule has 0 spiro atoms. The molecule has 0 aromatic heterocycles. The molecule has 4 heteroatoms. The van der Waals surface area contributed by atoms with Gasteiger partial charge in [0.2, 0.25) is 0 Å². The first-order chi connectivity index (χ1) is 9.59. The first-order valence-corrected chi connectivity index (χ1v) is 7.67. The van der Waals surface area contributed by atoms with Crippen molar-refractivity contribution in [2.75, 3.05) is 11.8 Å². The molecular formula is C16H14Cl3F. The predicted octanol–water partition coefficient (Wildman–Crippen LogP) is 5.44. The molecule has 0 bridgehead atoms. The fraction of sp³-hybridized carbons (Fsp3) is 0.250. The molecule has 0 aliphatic heterocycles. The smallest absolute Gasteiger partial charge is 0.123 e. The fourth-order valence-electron chi connectivity index (χ4n) is 2.18. The molecule has 0 atom stereocenters. The lowest BCUT2D eigenvalue weighted by molar-refractivity contribution is 0.533. The summed E-state index contributed by atoms with van der Waals surface area (Å²) < 4.78 is 13.1. The topological polar surface area (TPSA) is 0 Å². The van der Waals surface area contributed by atoms with Gasteiger partial charge in [0, 0.05) is 22.2 Å². The molecule has 0 radical (unpaired) electrons. The second kappa shape index (κ2) is 6.80. The van der Waals surface area contributed by atoms with Crippen molar-refractivity contribution in [1.29, 1.82) is 0 Å². The van der Waals surface area contributed by atoms with E-state index in [9.17, 15) is 4.39 Å². The highest BCUT2D eigenvalue weighted by Crippen LogP contribution is 2.32. The molecule has 0 unspecified atom stereocenters. The first-order valence-electron chi connectivity index (χ1n) is 6.22. The van der Waals surface area contributed by atoms with Crippen LogP contribution in [0.15, 0.2) is 48.5 Å². The maximum atomic E-state index is 13.1. The summed E-state index contributed by atoms with van der Waals surface area (Å²) in [7, 11) is 0. The number of rotatable bonds is 5. The Kier molecular flexibility index (Phi) is 5.31. The lowest BCUT2D eigenvalue weighted by Gasteiger charge is -2.30. The highest BCUT2D eigenvalue weighted by molar-refractivity contribution is 6.30. The second-order valence-corrected chi connectivity index (χ2v) is 5.83. The number of hydrogen-bond donors (Lipinski definition) is 0. The molecule has 0 fully saturated rings. The van der Waals surface area contributed by atoms with Gasteiger partial charge in [0.05, 0.1) is 0 Å². The van der Waals surface area contributed by atoms with Crippen molar-refractivity contribution in [1.82, 2.24) is 0 Å². The van der Waals surface area contributed by atoms with E-state index in [0.717, 1.165) is 11.1 Å². The van der Waals surface area contributed by atoms with Crippen LogP contribution in [0, 0.1) is 5.82 Å². The van der Waals surface area contributed by atoms with Crippen LogP contribution < -0.4 is 0 Å². The summed E-state index contributed by atoms with van der Waals surface area (Å²) in [5, 5.41) is 0.692. The minimum atomic E-state index is -0.412. The predicted molar refractivity (Wildman–Crippen MR) is 84.7 cm³/mol. The summed E-state index contributed by atoms with van der Waals surface area (Å²) in [5.41, 5.74) is 1.63. The Hall–Kier alpha value is -0.760. The molecule has 2 aromatic rings. The summed E-state index contributed by atoms with van der Waals surface area (Å²) in [6.07, 6.45) is 0.683. The fourth-order valence-corrected chi connectivity index (χ4v) is 3.09. The van der Waals surface area contributed by atoms with Gasteiger partial charge in [-0.05, 0) is 41.8 Å². The molecule has 0 heterocycles. The molecule has 20 heavy (non-hydrogen) atoms. The van der Waals surface area contributed by atoms with Crippen LogP contribution in [0.4, 0.5) is 4.39 Å². The number of alkyl halides is 2. The third-order valence-corrected chi connectivity index (χ3v) is 4.70. The van der Waals surface area contributed by atoms with Crippen LogP contribution in [0.2, 0.25) is 5.02 Å². The van der Waals surface area contributed by atoms with Gasteiger partial charge in [0.15, 0.2) is 0 Å². The van der Waals surface area contributed by atoms with Gasteiger partial charge < -0.3 is 0 Å². The van der Waals surface area contributed by atoms with E-state index in [1.165, 1.54) is 12.1 Å². The van der Waals surface area contributed by atoms with E-state index in [1.54, 1.807) is 12.1 Å². The van der Waals surface area contributed by atoms with Crippen molar-refractivity contribution < 1.29 is 4.39 Å². The Morgan fingerprint density at radius 2 is 1.40 bits per heavy atom. The minimum Gasteiger partial charge on any atom is -0.207 e. The van der Waals surface area contributed by atoms with Crippen LogP contribution in [0.5, 0.6) is 0 Å². The van der Waals surface area contributed by atoms with E-state index in [2.05, 4.69) is 0 Å². The van der Waals surface area contributed by atoms with Gasteiger partial charge in [-0.3, -0.25) is 0 Å². The van der Waals surface area contributed by atoms with Gasteiger partial charge in [0.1, 0.15) is 5.82 Å². The van der Waals surface area contributed by atoms with E-state index >= 15 is 0 Å². The van der Waals surface area contributed by atoms with Crippen LogP contribution in [0.25, 0.3) is 0 Å². The molecule has 0 saturated heterocycles. The van der Waals surface area contributed by atoms with Crippen molar-refractivity contribution in [3.05, 3.63) is 70.5 Å². The third kappa shape index (κ3) is 3.46. The van der Waals surface area contributed by atoms with Crippen LogP contribution in [-0.4, -0.2) is 11.8 Å². The Morgan fingerprint density at radius 1 is 0.850 bits per heavy atom. The largest absolute Gasteiger partial charge is 0.207 e. The van der Waals surface area contributed by atoms with E-state index in [4.69, 9.17) is 34.8 Å². The summed E-state index contributed by atoms with van der Waals surface area (Å²) >= 11 is 18.2. The van der Waals surface area contributed by atoms with Crippen LogP contribution in [-0.2, 0) is 11.8 Å². The van der Waals surface area contributed by atoms with Gasteiger partial charge in [0.25, 0.3) is 0 Å². The molecule has 2 aromatic carbocycles. The molecule has 0 N–H and O–H groups in total. The van der Waals surface area contributed by atoms with E-state index < -0.39 is 5.41 Å². The summed E-state index contributed by atoms with van der Waals surface area (Å²) in [4.78, 5) is 0. The molecule has 0 saturated carbocycles. The zero-order chi connectivity index (χ0) is 14.6. The van der Waals surface area contributed by atoms with Crippen molar-refractivity contribution >= 4 is 34.8 Å². The first kappa shape index (κ1) is 15.6. The third-order valence-electron chi connectivity index (χ3n) is 3.42. The normalized spacial score (nSPS) is 11.6. The molecule has 0 aliphatic carbocycles. The van der Waals surface area contributed by atoms with Crippen molar-refractivity contribution in [2.24, 2.45) is 0 Å². The average Bonchev–Trinajstić information content (AvgIpc) is 2.48. The highest BCUT2D eigenvalue weighted by Gasteiger charge is 2.31. The van der Waals surface area contributed by atoms with Gasteiger partial charge in [-0.25, -0.2) is 4.39 Å². The standard InChI is InChI=1S/C16H14Cl3F/c17-10-16(11-18,13-3-7-15(20)8-4-13)9-12-1-5-14(19)6-2-12/h1-8H,9-11H2. The lowest BCUT2D eigenvalue weighted by Crippen LogP contribution is -2.33. The van der Waals surface area contributed by atoms with Gasteiger partial charge in [-0.15, -0.1) is 23.2 Å². The molecular weight excluding hydrogens is 318 g/mol. The monoisotopic (exact) mass is 330 g/mol. The summed E-state index contributed by atoms with van der Waals surface area (Å²) in [6.45, 7) is 0. The average molecular weight is 332 g/mol. The highest BCUT2D eigenvalue weighted by atomic mass is 35.5. The van der Waals surface area contributed by atoms with E-state index in [1.807, 2.05) is 24.3 Å². The number of hydrogen-bond acceptors (Lipinski definition) is 0. The molecule has 0 aliphatic rings. The van der Waals surface area contributed by atoms with Gasteiger partial charge >= 0.3 is 0 Å². The zero-order valence-electron chi connectivity index (χ0n) is 10.8. The number of benzene rings is 2. The van der Waals surface area contributed by atoms with Gasteiger partial charge in [-0.1, -0.05) is 35.9 Å². The molecule has 106 valence electrons. The van der Waals surface area contributed by atoms with Crippen LogP contribution >= 0.6 is 34.8 Å². The van der Waals surface area contributed by atoms with Crippen molar-refractivity contribution in [3.63, 3.8) is 0 Å². The van der Waals surface area contributed by atoms with E-state index in [-0.39, 0.29) is 5.82 Å². The van der Waals surface area contributed by atoms with Crippen LogP contribution in [0.3, 0.4) is 0 Å². The maximum Gasteiger partial charge on any atom is 0.123 e. The molecule has 0 amide bonds. The maximum absolute atomic E-state index is 13.1. The Bertz CT molecular complexity index is 545. The zero-order valence-corrected chi connectivity index (χ0v) is 13.0. The lowest BCUT2D eigenvalue weighted by atomic mass is 9.79. The molecule has 2 rings (SSSR count).